The number of alkyl halides is 2. The lowest BCUT2D eigenvalue weighted by molar-refractivity contribution is 0.101. The molecule has 1 aromatic heterocycles. The molecule has 0 bridgehead atoms. The molecule has 3 nitrogen and oxygen atoms in total. The lowest BCUT2D eigenvalue weighted by atomic mass is 10.0. The number of pyridine rings is 1. The van der Waals surface area contributed by atoms with Crippen molar-refractivity contribution in [3.05, 3.63) is 71.1 Å². The maximum absolute atomic E-state index is 14.4. The highest BCUT2D eigenvalue weighted by Crippen LogP contribution is 2.31. The molecule has 0 saturated heterocycles. The Morgan fingerprint density at radius 1 is 1.23 bits per heavy atom. The van der Waals surface area contributed by atoms with Crippen LogP contribution in [0.15, 0.2) is 48.6 Å². The number of carbonyl (C=O) groups is 1. The van der Waals surface area contributed by atoms with Gasteiger partial charge in [-0.05, 0) is 26.0 Å². The predicted octanol–water partition coefficient (Wildman–Crippen LogP) is 5.69. The van der Waals surface area contributed by atoms with E-state index in [9.17, 15) is 18.0 Å². The van der Waals surface area contributed by atoms with E-state index in [-0.39, 0.29) is 23.0 Å². The van der Waals surface area contributed by atoms with Crippen LogP contribution in [0.25, 0.3) is 10.9 Å². The third-order valence-corrected chi connectivity index (χ3v) is 4.19. The van der Waals surface area contributed by atoms with Gasteiger partial charge in [-0.25, -0.2) is 13.2 Å². The Balaban J connectivity index is 2.01. The smallest absolute Gasteiger partial charge is 0.266 e. The van der Waals surface area contributed by atoms with E-state index in [4.69, 9.17) is 1.37 Å². The Kier molecular flexibility index (Phi) is 4.56. The third kappa shape index (κ3) is 3.40. The zero-order valence-corrected chi connectivity index (χ0v) is 14.2. The van der Waals surface area contributed by atoms with Gasteiger partial charge < -0.3 is 5.32 Å². The van der Waals surface area contributed by atoms with Gasteiger partial charge >= 0.3 is 0 Å². The fourth-order valence-corrected chi connectivity index (χ4v) is 2.80. The van der Waals surface area contributed by atoms with Gasteiger partial charge in [0.05, 0.1) is 18.5 Å². The van der Waals surface area contributed by atoms with Gasteiger partial charge in [0, 0.05) is 28.4 Å². The van der Waals surface area contributed by atoms with Gasteiger partial charge in [-0.2, -0.15) is 0 Å². The van der Waals surface area contributed by atoms with Crippen molar-refractivity contribution in [1.82, 2.24) is 4.98 Å². The summed E-state index contributed by atoms with van der Waals surface area (Å²) in [6.45, 7) is 3.04. The number of carbonyl (C=O) groups excluding carboxylic acids is 1. The second-order valence-electron chi connectivity index (χ2n) is 5.98. The van der Waals surface area contributed by atoms with Crippen LogP contribution in [0, 0.1) is 5.82 Å². The summed E-state index contributed by atoms with van der Waals surface area (Å²) >= 11 is 0. The molecule has 1 heterocycles. The SMILES string of the molecule is [2H]c1cc2c(NC(C)c3cccc(C(F)F)c3F)ccnc2cc1C(C)=O. The number of halogens is 3. The number of anilines is 1. The van der Waals surface area contributed by atoms with E-state index >= 15 is 0 Å². The van der Waals surface area contributed by atoms with E-state index in [0.717, 1.165) is 6.07 Å². The summed E-state index contributed by atoms with van der Waals surface area (Å²) in [7, 11) is 0. The minimum atomic E-state index is -2.89. The van der Waals surface area contributed by atoms with Crippen LogP contribution in [0.5, 0.6) is 0 Å². The Bertz CT molecular complexity index is 1020. The summed E-state index contributed by atoms with van der Waals surface area (Å²) in [4.78, 5) is 15.8. The number of nitrogens with one attached hydrogen (secondary N) is 1. The fourth-order valence-electron chi connectivity index (χ4n) is 2.80. The van der Waals surface area contributed by atoms with Crippen molar-refractivity contribution >= 4 is 22.4 Å². The minimum Gasteiger partial charge on any atom is -0.378 e. The number of fused-ring (bicyclic) bond motifs is 1. The molecule has 0 aliphatic rings. The first-order valence-corrected chi connectivity index (χ1v) is 8.03. The summed E-state index contributed by atoms with van der Waals surface area (Å²) in [5.41, 5.74) is 0.813. The number of Topliss-reactive ketones (excluding diaryl/α,β-unsaturated/α-hetero) is 1. The molecule has 0 aliphatic carbocycles. The standard InChI is InChI=1S/C20H17F3N2O/c1-11(14-4-3-5-16(19(14)21)20(22)23)25-17-8-9-24-18-10-13(12(2)26)6-7-15(17)18/h3-11,20H,1-2H3,(H,24,25)/i6D. The molecule has 0 fully saturated rings. The molecule has 3 aromatic rings. The molecule has 3 rings (SSSR count). The number of hydrogen-bond donors (Lipinski definition) is 1. The minimum absolute atomic E-state index is 0.0598. The van der Waals surface area contributed by atoms with E-state index in [1.54, 1.807) is 13.0 Å². The van der Waals surface area contributed by atoms with Gasteiger partial charge in [-0.1, -0.05) is 30.3 Å². The van der Waals surface area contributed by atoms with Crippen molar-refractivity contribution in [1.29, 1.82) is 0 Å². The molecule has 0 amide bonds. The van der Waals surface area contributed by atoms with E-state index in [2.05, 4.69) is 10.3 Å². The first-order chi connectivity index (χ1) is 12.8. The zero-order valence-electron chi connectivity index (χ0n) is 15.2. The van der Waals surface area contributed by atoms with Gasteiger partial charge in [-0.15, -0.1) is 0 Å². The molecule has 0 saturated carbocycles. The number of rotatable bonds is 5. The van der Waals surface area contributed by atoms with Crippen molar-refractivity contribution in [2.24, 2.45) is 0 Å². The van der Waals surface area contributed by atoms with Crippen LogP contribution in [0.4, 0.5) is 18.9 Å². The first-order valence-electron chi connectivity index (χ1n) is 8.53. The third-order valence-electron chi connectivity index (χ3n) is 4.19. The van der Waals surface area contributed by atoms with E-state index < -0.39 is 23.8 Å². The molecule has 26 heavy (non-hydrogen) atoms. The maximum atomic E-state index is 14.4. The normalized spacial score (nSPS) is 12.9. The van der Waals surface area contributed by atoms with Crippen LogP contribution in [-0.4, -0.2) is 10.8 Å². The largest absolute Gasteiger partial charge is 0.378 e. The summed E-state index contributed by atoms with van der Waals surface area (Å²) in [6, 6.07) is 8.07. The number of nitrogens with zero attached hydrogens (tertiary/aromatic N) is 1. The first kappa shape index (κ1) is 16.6. The molecule has 1 N–H and O–H groups in total. The summed E-state index contributed by atoms with van der Waals surface area (Å²) in [5.74, 6) is -1.17. The average Bonchev–Trinajstić information content (AvgIpc) is 2.61. The molecular formula is C20H17F3N2O. The molecule has 0 aliphatic heterocycles. The fraction of sp³-hybridized carbons (Fsp3) is 0.200. The Labute approximate surface area is 150 Å². The molecule has 0 radical (unpaired) electrons. The molecular weight excluding hydrogens is 341 g/mol. The maximum Gasteiger partial charge on any atom is 0.266 e. The Morgan fingerprint density at radius 2 is 1.96 bits per heavy atom. The second kappa shape index (κ2) is 7.15. The van der Waals surface area contributed by atoms with Gasteiger partial charge in [-0.3, -0.25) is 9.78 Å². The van der Waals surface area contributed by atoms with Crippen LogP contribution >= 0.6 is 0 Å². The number of hydrogen-bond acceptors (Lipinski definition) is 3. The Hall–Kier alpha value is -2.89. The van der Waals surface area contributed by atoms with Crippen molar-refractivity contribution in [2.75, 3.05) is 5.32 Å². The molecule has 0 spiro atoms. The summed E-state index contributed by atoms with van der Waals surface area (Å²) < 4.78 is 48.3. The molecule has 1 atom stereocenters. The van der Waals surface area contributed by atoms with E-state index in [0.29, 0.717) is 16.6 Å². The number of aromatic nitrogens is 1. The predicted molar refractivity (Wildman–Crippen MR) is 95.1 cm³/mol. The van der Waals surface area contributed by atoms with Gasteiger partial charge in [0.2, 0.25) is 0 Å². The lowest BCUT2D eigenvalue weighted by Gasteiger charge is -2.19. The van der Waals surface area contributed by atoms with Crippen LogP contribution < -0.4 is 5.32 Å². The van der Waals surface area contributed by atoms with E-state index in [1.165, 1.54) is 37.4 Å². The van der Waals surface area contributed by atoms with Gasteiger partial charge in [0.25, 0.3) is 6.43 Å². The molecule has 1 unspecified atom stereocenters. The monoisotopic (exact) mass is 359 g/mol. The van der Waals surface area contributed by atoms with Crippen molar-refractivity contribution in [3.8, 4) is 0 Å². The van der Waals surface area contributed by atoms with Crippen molar-refractivity contribution in [3.63, 3.8) is 0 Å². The molecule has 2 aromatic carbocycles. The van der Waals surface area contributed by atoms with Crippen LogP contribution in [-0.2, 0) is 0 Å². The van der Waals surface area contributed by atoms with Crippen LogP contribution in [0.3, 0.4) is 0 Å². The van der Waals surface area contributed by atoms with Crippen LogP contribution in [0.2, 0.25) is 0 Å². The van der Waals surface area contributed by atoms with Gasteiger partial charge in [0.15, 0.2) is 5.78 Å². The highest BCUT2D eigenvalue weighted by atomic mass is 19.3. The zero-order chi connectivity index (χ0) is 19.7. The van der Waals surface area contributed by atoms with E-state index in [1.807, 2.05) is 0 Å². The Morgan fingerprint density at radius 3 is 2.65 bits per heavy atom. The number of benzene rings is 2. The summed E-state index contributed by atoms with van der Waals surface area (Å²) in [5, 5.41) is 3.68. The van der Waals surface area contributed by atoms with Gasteiger partial charge in [0.1, 0.15) is 5.82 Å². The average molecular weight is 359 g/mol. The number of ketones is 1. The van der Waals surface area contributed by atoms with Crippen LogP contribution in [0.1, 0.15) is 49.2 Å². The molecule has 134 valence electrons. The lowest BCUT2D eigenvalue weighted by Crippen LogP contribution is -2.10. The second-order valence-corrected chi connectivity index (χ2v) is 5.98. The highest BCUT2D eigenvalue weighted by Gasteiger charge is 2.19. The van der Waals surface area contributed by atoms with Crippen molar-refractivity contribution < 1.29 is 19.3 Å². The topological polar surface area (TPSA) is 42.0 Å². The quantitative estimate of drug-likeness (QED) is 0.595. The summed E-state index contributed by atoms with van der Waals surface area (Å²) in [6.07, 6.45) is -1.37. The molecule has 6 heteroatoms. The van der Waals surface area contributed by atoms with Crippen molar-refractivity contribution in [2.45, 2.75) is 26.3 Å². The highest BCUT2D eigenvalue weighted by molar-refractivity contribution is 6.00.